The van der Waals surface area contributed by atoms with E-state index in [2.05, 4.69) is 4.98 Å². The van der Waals surface area contributed by atoms with Crippen molar-refractivity contribution in [2.45, 2.75) is 12.1 Å². The third-order valence-electron chi connectivity index (χ3n) is 6.16. The van der Waals surface area contributed by atoms with E-state index in [9.17, 15) is 9.59 Å². The number of para-hydroxylation sites is 1. The molecule has 0 saturated carbocycles. The number of amides is 2. The van der Waals surface area contributed by atoms with E-state index in [-0.39, 0.29) is 11.8 Å². The zero-order valence-corrected chi connectivity index (χ0v) is 17.0. The lowest BCUT2D eigenvalue weighted by molar-refractivity contribution is -0.126. The van der Waals surface area contributed by atoms with Gasteiger partial charge >= 0.3 is 0 Å². The SMILES string of the molecule is O=C1C2ON(c3ccccc3)C(c3cccnc3)C2C(=O)N1c1cccc2ccccc12. The van der Waals surface area contributed by atoms with E-state index >= 15 is 0 Å². The number of rotatable bonds is 3. The molecule has 6 nitrogen and oxygen atoms in total. The second-order valence-corrected chi connectivity index (χ2v) is 7.95. The number of benzene rings is 3. The summed E-state index contributed by atoms with van der Waals surface area (Å²) in [7, 11) is 0. The van der Waals surface area contributed by atoms with E-state index < -0.39 is 18.1 Å². The van der Waals surface area contributed by atoms with E-state index in [1.807, 2.05) is 84.9 Å². The van der Waals surface area contributed by atoms with Gasteiger partial charge < -0.3 is 0 Å². The number of pyridine rings is 1. The minimum absolute atomic E-state index is 0.261. The summed E-state index contributed by atoms with van der Waals surface area (Å²) in [5.41, 5.74) is 2.20. The van der Waals surface area contributed by atoms with E-state index in [4.69, 9.17) is 4.84 Å². The Hall–Kier alpha value is -4.03. The molecule has 2 aliphatic heterocycles. The maximum Gasteiger partial charge on any atom is 0.266 e. The molecule has 0 radical (unpaired) electrons. The molecular formula is C26H19N3O3. The molecule has 3 unspecified atom stereocenters. The molecule has 0 bridgehead atoms. The number of fused-ring (bicyclic) bond motifs is 2. The fraction of sp³-hybridized carbons (Fsp3) is 0.115. The Morgan fingerprint density at radius 3 is 2.38 bits per heavy atom. The van der Waals surface area contributed by atoms with Gasteiger partial charge in [0.25, 0.3) is 5.91 Å². The molecule has 2 fully saturated rings. The summed E-state index contributed by atoms with van der Waals surface area (Å²) in [6.07, 6.45) is 2.52. The fourth-order valence-electron chi connectivity index (χ4n) is 4.74. The van der Waals surface area contributed by atoms with Crippen LogP contribution in [0.25, 0.3) is 10.8 Å². The third-order valence-corrected chi connectivity index (χ3v) is 6.16. The number of anilines is 2. The fourth-order valence-corrected chi connectivity index (χ4v) is 4.74. The Balaban J connectivity index is 1.47. The van der Waals surface area contributed by atoms with Crippen molar-refractivity contribution in [2.24, 2.45) is 5.92 Å². The molecule has 6 heteroatoms. The van der Waals surface area contributed by atoms with Crippen LogP contribution in [0.2, 0.25) is 0 Å². The number of hydroxylamine groups is 1. The average molecular weight is 421 g/mol. The standard InChI is InChI=1S/C26H19N3O3/c30-25-22-23(18-10-7-15-27-16-18)29(19-11-2-1-3-12-19)32-24(22)26(31)28(25)21-14-6-9-17-8-4-5-13-20(17)21/h1-16,22-24H. The lowest BCUT2D eigenvalue weighted by Crippen LogP contribution is -2.37. The van der Waals surface area contributed by atoms with Crippen LogP contribution in [-0.4, -0.2) is 22.9 Å². The lowest BCUT2D eigenvalue weighted by atomic mass is 9.91. The van der Waals surface area contributed by atoms with E-state index in [1.165, 1.54) is 4.90 Å². The van der Waals surface area contributed by atoms with Crippen LogP contribution in [0, 0.1) is 5.92 Å². The first-order chi connectivity index (χ1) is 15.7. The van der Waals surface area contributed by atoms with Gasteiger partial charge in [-0.25, -0.2) is 9.96 Å². The van der Waals surface area contributed by atoms with Crippen molar-refractivity contribution in [3.63, 3.8) is 0 Å². The molecule has 2 amide bonds. The molecule has 3 heterocycles. The van der Waals surface area contributed by atoms with Crippen LogP contribution >= 0.6 is 0 Å². The Morgan fingerprint density at radius 2 is 1.56 bits per heavy atom. The van der Waals surface area contributed by atoms with Gasteiger partial charge in [0, 0.05) is 17.8 Å². The molecule has 156 valence electrons. The minimum atomic E-state index is -0.896. The van der Waals surface area contributed by atoms with Gasteiger partial charge in [0.05, 0.1) is 17.4 Å². The van der Waals surface area contributed by atoms with Crippen molar-refractivity contribution in [2.75, 3.05) is 9.96 Å². The van der Waals surface area contributed by atoms with Gasteiger partial charge in [-0.2, -0.15) is 0 Å². The number of nitrogens with zero attached hydrogens (tertiary/aromatic N) is 3. The summed E-state index contributed by atoms with van der Waals surface area (Å²) in [5, 5.41) is 3.51. The summed E-state index contributed by atoms with van der Waals surface area (Å²) in [6.45, 7) is 0. The number of hydrogen-bond acceptors (Lipinski definition) is 5. The van der Waals surface area contributed by atoms with Crippen molar-refractivity contribution in [1.82, 2.24) is 4.98 Å². The zero-order valence-electron chi connectivity index (χ0n) is 17.0. The normalized spacial score (nSPS) is 22.6. The molecule has 3 aromatic carbocycles. The van der Waals surface area contributed by atoms with Gasteiger partial charge in [-0.15, -0.1) is 0 Å². The number of hydrogen-bond donors (Lipinski definition) is 0. The topological polar surface area (TPSA) is 62.7 Å². The molecule has 3 atom stereocenters. The highest BCUT2D eigenvalue weighted by atomic mass is 16.7. The molecule has 32 heavy (non-hydrogen) atoms. The number of aromatic nitrogens is 1. The van der Waals surface area contributed by atoms with Crippen LogP contribution in [0.15, 0.2) is 97.3 Å². The summed E-state index contributed by atoms with van der Waals surface area (Å²) in [4.78, 5) is 39.0. The van der Waals surface area contributed by atoms with Crippen LogP contribution < -0.4 is 9.96 Å². The maximum absolute atomic E-state index is 13.8. The maximum atomic E-state index is 13.8. The van der Waals surface area contributed by atoms with E-state index in [0.717, 1.165) is 22.0 Å². The van der Waals surface area contributed by atoms with Crippen molar-refractivity contribution in [3.8, 4) is 0 Å². The predicted octanol–water partition coefficient (Wildman–Crippen LogP) is 4.29. The summed E-state index contributed by atoms with van der Waals surface area (Å²) < 4.78 is 0. The van der Waals surface area contributed by atoms with Crippen molar-refractivity contribution in [1.29, 1.82) is 0 Å². The van der Waals surface area contributed by atoms with Crippen LogP contribution in [-0.2, 0) is 14.4 Å². The molecule has 0 spiro atoms. The highest BCUT2D eigenvalue weighted by molar-refractivity contribution is 6.26. The first kappa shape index (κ1) is 18.7. The predicted molar refractivity (Wildman–Crippen MR) is 121 cm³/mol. The summed E-state index contributed by atoms with van der Waals surface area (Å²) in [5.74, 6) is -1.28. The first-order valence-corrected chi connectivity index (χ1v) is 10.5. The molecule has 0 N–H and O–H groups in total. The highest BCUT2D eigenvalue weighted by Crippen LogP contribution is 2.48. The van der Waals surface area contributed by atoms with Gasteiger partial charge in [0.15, 0.2) is 6.10 Å². The Labute approximate surface area is 184 Å². The highest BCUT2D eigenvalue weighted by Gasteiger charge is 2.60. The summed E-state index contributed by atoms with van der Waals surface area (Å²) in [6, 6.07) is 26.2. The quantitative estimate of drug-likeness (QED) is 0.462. The monoisotopic (exact) mass is 421 g/mol. The second kappa shape index (κ2) is 7.28. The molecule has 2 aliphatic rings. The van der Waals surface area contributed by atoms with Crippen LogP contribution in [0.5, 0.6) is 0 Å². The minimum Gasteiger partial charge on any atom is -0.273 e. The lowest BCUT2D eigenvalue weighted by Gasteiger charge is -2.28. The van der Waals surface area contributed by atoms with Crippen LogP contribution in [0.4, 0.5) is 11.4 Å². The Kier molecular flexibility index (Phi) is 4.26. The smallest absolute Gasteiger partial charge is 0.266 e. The van der Waals surface area contributed by atoms with Crippen molar-refractivity contribution < 1.29 is 14.4 Å². The summed E-state index contributed by atoms with van der Waals surface area (Å²) >= 11 is 0. The number of carbonyl (C=O) groups is 2. The van der Waals surface area contributed by atoms with Gasteiger partial charge in [0.2, 0.25) is 5.91 Å². The molecule has 1 aromatic heterocycles. The van der Waals surface area contributed by atoms with Gasteiger partial charge in [-0.1, -0.05) is 60.7 Å². The molecule has 6 rings (SSSR count). The van der Waals surface area contributed by atoms with Gasteiger partial charge in [0.1, 0.15) is 5.92 Å². The van der Waals surface area contributed by atoms with Crippen LogP contribution in [0.1, 0.15) is 11.6 Å². The number of imide groups is 1. The average Bonchev–Trinajstić information content (AvgIpc) is 3.36. The van der Waals surface area contributed by atoms with Gasteiger partial charge in [-0.05, 0) is 35.2 Å². The Bertz CT molecular complexity index is 1320. The van der Waals surface area contributed by atoms with Gasteiger partial charge in [-0.3, -0.25) is 19.4 Å². The largest absolute Gasteiger partial charge is 0.273 e. The third kappa shape index (κ3) is 2.73. The molecular weight excluding hydrogens is 402 g/mol. The molecule has 2 saturated heterocycles. The Morgan fingerprint density at radius 1 is 0.781 bits per heavy atom. The molecule has 4 aromatic rings. The second-order valence-electron chi connectivity index (χ2n) is 7.95. The zero-order chi connectivity index (χ0) is 21.7. The van der Waals surface area contributed by atoms with Crippen molar-refractivity contribution >= 4 is 34.0 Å². The van der Waals surface area contributed by atoms with Crippen molar-refractivity contribution in [3.05, 3.63) is 103 Å². The number of carbonyl (C=O) groups excluding carboxylic acids is 2. The van der Waals surface area contributed by atoms with E-state index in [1.54, 1.807) is 17.5 Å². The first-order valence-electron chi connectivity index (χ1n) is 10.5. The molecule has 0 aliphatic carbocycles. The van der Waals surface area contributed by atoms with E-state index in [0.29, 0.717) is 5.69 Å². The van der Waals surface area contributed by atoms with Crippen LogP contribution in [0.3, 0.4) is 0 Å².